The highest BCUT2D eigenvalue weighted by molar-refractivity contribution is 5.90. The Hall–Kier alpha value is -3.40. The molecule has 1 amide bonds. The van der Waals surface area contributed by atoms with Crippen molar-refractivity contribution in [2.75, 3.05) is 25.1 Å². The van der Waals surface area contributed by atoms with E-state index >= 15 is 0 Å². The Bertz CT molecular complexity index is 1100. The summed E-state index contributed by atoms with van der Waals surface area (Å²) in [6.45, 7) is 5.12. The molecule has 0 bridgehead atoms. The molecule has 0 radical (unpaired) electrons. The number of ether oxygens (including phenoxy) is 2. The van der Waals surface area contributed by atoms with Crippen LogP contribution in [-0.4, -0.2) is 40.5 Å². The van der Waals surface area contributed by atoms with Crippen LogP contribution in [0, 0.1) is 0 Å². The maximum absolute atomic E-state index is 13.0. The lowest BCUT2D eigenvalue weighted by molar-refractivity contribution is -0.137. The summed E-state index contributed by atoms with van der Waals surface area (Å²) in [4.78, 5) is 16.6. The van der Waals surface area contributed by atoms with Gasteiger partial charge in [0.25, 0.3) is 0 Å². The maximum Gasteiger partial charge on any atom is 0.416 e. The first-order valence-electron chi connectivity index (χ1n) is 12.1. The number of aromatic nitrogens is 3. The number of rotatable bonds is 13. The van der Waals surface area contributed by atoms with Crippen LogP contribution in [0.25, 0.3) is 17.1 Å². The van der Waals surface area contributed by atoms with Crippen LogP contribution in [0.1, 0.15) is 51.5 Å². The SMILES string of the molecule is CCCCCCC(=O)Nc1ccc(-n2nc(OCCOCC)nc2-c2ccc(C(F)(F)F)cc2)cc1. The third kappa shape index (κ3) is 7.81. The molecular weight excluding hydrogens is 473 g/mol. The van der Waals surface area contributed by atoms with E-state index in [1.165, 1.54) is 16.8 Å². The molecule has 0 unspecified atom stereocenters. The average molecular weight is 505 g/mol. The van der Waals surface area contributed by atoms with E-state index in [0.717, 1.165) is 37.8 Å². The van der Waals surface area contributed by atoms with E-state index in [4.69, 9.17) is 9.47 Å². The molecule has 2 aromatic carbocycles. The number of amides is 1. The number of carbonyl (C=O) groups excluding carboxylic acids is 1. The first-order valence-corrected chi connectivity index (χ1v) is 12.1. The molecule has 1 N–H and O–H groups in total. The highest BCUT2D eigenvalue weighted by Crippen LogP contribution is 2.31. The zero-order valence-electron chi connectivity index (χ0n) is 20.5. The predicted molar refractivity (Wildman–Crippen MR) is 131 cm³/mol. The monoisotopic (exact) mass is 504 g/mol. The Morgan fingerprint density at radius 1 is 0.972 bits per heavy atom. The molecule has 3 aromatic rings. The van der Waals surface area contributed by atoms with Crippen molar-refractivity contribution >= 4 is 11.6 Å². The Morgan fingerprint density at radius 2 is 1.69 bits per heavy atom. The van der Waals surface area contributed by atoms with E-state index < -0.39 is 11.7 Å². The van der Waals surface area contributed by atoms with Crippen molar-refractivity contribution in [1.82, 2.24) is 14.8 Å². The molecular formula is C26H31F3N4O3. The van der Waals surface area contributed by atoms with E-state index in [-0.39, 0.29) is 18.5 Å². The number of alkyl halides is 3. The van der Waals surface area contributed by atoms with Crippen LogP contribution in [-0.2, 0) is 15.7 Å². The standard InChI is InChI=1S/C26H31F3N4O3/c1-3-5-6-7-8-23(34)30-21-13-15-22(16-14-21)33-24(31-25(32-33)36-18-17-35-4-2)19-9-11-20(12-10-19)26(27,28)29/h9-16H,3-8,17-18H2,1-2H3,(H,30,34). The van der Waals surface area contributed by atoms with Gasteiger partial charge < -0.3 is 14.8 Å². The number of anilines is 1. The van der Waals surface area contributed by atoms with Crippen LogP contribution in [0.15, 0.2) is 48.5 Å². The lowest BCUT2D eigenvalue weighted by atomic mass is 10.1. The third-order valence-electron chi connectivity index (χ3n) is 5.37. The third-order valence-corrected chi connectivity index (χ3v) is 5.37. The fourth-order valence-electron chi connectivity index (χ4n) is 3.49. The van der Waals surface area contributed by atoms with Gasteiger partial charge >= 0.3 is 12.2 Å². The molecule has 0 aliphatic heterocycles. The van der Waals surface area contributed by atoms with Gasteiger partial charge in [-0.2, -0.15) is 18.2 Å². The largest absolute Gasteiger partial charge is 0.460 e. The zero-order valence-corrected chi connectivity index (χ0v) is 20.5. The quantitative estimate of drug-likeness (QED) is 0.277. The number of nitrogens with one attached hydrogen (secondary N) is 1. The van der Waals surface area contributed by atoms with Gasteiger partial charge in [-0.15, -0.1) is 5.10 Å². The molecule has 1 heterocycles. The number of hydrogen-bond donors (Lipinski definition) is 1. The zero-order chi connectivity index (χ0) is 26.0. The molecule has 0 aliphatic rings. The molecule has 0 fully saturated rings. The Kier molecular flexibility index (Phi) is 9.86. The summed E-state index contributed by atoms with van der Waals surface area (Å²) >= 11 is 0. The number of hydrogen-bond acceptors (Lipinski definition) is 5. The Morgan fingerprint density at radius 3 is 2.33 bits per heavy atom. The van der Waals surface area contributed by atoms with Crippen molar-refractivity contribution in [1.29, 1.82) is 0 Å². The number of halogens is 3. The summed E-state index contributed by atoms with van der Waals surface area (Å²) in [5, 5.41) is 7.27. The highest BCUT2D eigenvalue weighted by atomic mass is 19.4. The molecule has 0 atom stereocenters. The van der Waals surface area contributed by atoms with Crippen molar-refractivity contribution in [3.8, 4) is 23.1 Å². The van der Waals surface area contributed by atoms with Gasteiger partial charge in [0.1, 0.15) is 6.61 Å². The minimum Gasteiger partial charge on any atom is -0.460 e. The number of unbranched alkanes of at least 4 members (excludes halogenated alkanes) is 3. The minimum absolute atomic E-state index is 0.0463. The van der Waals surface area contributed by atoms with Gasteiger partial charge in [0.2, 0.25) is 5.91 Å². The van der Waals surface area contributed by atoms with E-state index in [1.54, 1.807) is 24.3 Å². The fraction of sp³-hybridized carbons (Fsp3) is 0.423. The Labute approximate surface area is 208 Å². The van der Waals surface area contributed by atoms with Crippen molar-refractivity contribution in [2.24, 2.45) is 0 Å². The lowest BCUT2D eigenvalue weighted by Gasteiger charge is -2.10. The smallest absolute Gasteiger partial charge is 0.416 e. The lowest BCUT2D eigenvalue weighted by Crippen LogP contribution is -2.11. The van der Waals surface area contributed by atoms with E-state index in [1.807, 2.05) is 6.92 Å². The van der Waals surface area contributed by atoms with Crippen molar-refractivity contribution in [2.45, 2.75) is 52.1 Å². The second-order valence-corrected chi connectivity index (χ2v) is 8.16. The Balaban J connectivity index is 1.80. The van der Waals surface area contributed by atoms with Gasteiger partial charge in [0.15, 0.2) is 5.82 Å². The highest BCUT2D eigenvalue weighted by Gasteiger charge is 2.30. The number of nitrogens with zero attached hydrogens (tertiary/aromatic N) is 3. The summed E-state index contributed by atoms with van der Waals surface area (Å²) in [6, 6.07) is 11.8. The normalized spacial score (nSPS) is 11.5. The van der Waals surface area contributed by atoms with Crippen LogP contribution < -0.4 is 10.1 Å². The second kappa shape index (κ2) is 13.1. The van der Waals surface area contributed by atoms with E-state index in [9.17, 15) is 18.0 Å². The molecule has 36 heavy (non-hydrogen) atoms. The summed E-state index contributed by atoms with van der Waals surface area (Å²) in [7, 11) is 0. The average Bonchev–Trinajstić information content (AvgIpc) is 3.29. The van der Waals surface area contributed by atoms with Gasteiger partial charge in [0, 0.05) is 24.3 Å². The molecule has 0 aliphatic carbocycles. The van der Waals surface area contributed by atoms with Gasteiger partial charge in [0.05, 0.1) is 17.9 Å². The van der Waals surface area contributed by atoms with Crippen LogP contribution >= 0.6 is 0 Å². The predicted octanol–water partition coefficient (Wildman–Crippen LogP) is 6.28. The topological polar surface area (TPSA) is 78.3 Å². The van der Waals surface area contributed by atoms with Gasteiger partial charge in [-0.25, -0.2) is 4.68 Å². The summed E-state index contributed by atoms with van der Waals surface area (Å²) in [5.41, 5.74) is 0.946. The van der Waals surface area contributed by atoms with Crippen LogP contribution in [0.3, 0.4) is 0 Å². The molecule has 0 spiro atoms. The molecule has 0 saturated carbocycles. The molecule has 0 saturated heterocycles. The van der Waals surface area contributed by atoms with Crippen molar-refractivity contribution in [3.05, 3.63) is 54.1 Å². The molecule has 3 rings (SSSR count). The van der Waals surface area contributed by atoms with Crippen molar-refractivity contribution in [3.63, 3.8) is 0 Å². The number of benzene rings is 2. The summed E-state index contributed by atoms with van der Waals surface area (Å²) in [6.07, 6.45) is 0.120. The molecule has 10 heteroatoms. The molecule has 1 aromatic heterocycles. The second-order valence-electron chi connectivity index (χ2n) is 8.16. The summed E-state index contributed by atoms with van der Waals surface area (Å²) in [5.74, 6) is 0.276. The molecule has 7 nitrogen and oxygen atoms in total. The van der Waals surface area contributed by atoms with Gasteiger partial charge in [-0.05, 0) is 49.7 Å². The fourth-order valence-corrected chi connectivity index (χ4v) is 3.49. The van der Waals surface area contributed by atoms with E-state index in [0.29, 0.717) is 42.4 Å². The molecule has 194 valence electrons. The van der Waals surface area contributed by atoms with E-state index in [2.05, 4.69) is 22.3 Å². The van der Waals surface area contributed by atoms with Crippen LogP contribution in [0.2, 0.25) is 0 Å². The van der Waals surface area contributed by atoms with Gasteiger partial charge in [-0.1, -0.05) is 38.3 Å². The summed E-state index contributed by atoms with van der Waals surface area (Å²) < 4.78 is 51.4. The van der Waals surface area contributed by atoms with Crippen molar-refractivity contribution < 1.29 is 27.4 Å². The van der Waals surface area contributed by atoms with Crippen LogP contribution in [0.5, 0.6) is 6.01 Å². The first-order chi connectivity index (χ1) is 17.3. The minimum atomic E-state index is -4.43. The number of carbonyl (C=O) groups is 1. The first kappa shape index (κ1) is 27.2. The van der Waals surface area contributed by atoms with Gasteiger partial charge in [-0.3, -0.25) is 4.79 Å². The van der Waals surface area contributed by atoms with Crippen LogP contribution in [0.4, 0.5) is 18.9 Å². The maximum atomic E-state index is 13.0.